The predicted octanol–water partition coefficient (Wildman–Crippen LogP) is 3.90. The highest BCUT2D eigenvalue weighted by atomic mass is 16.2. The predicted molar refractivity (Wildman–Crippen MR) is 113 cm³/mol. The topological polar surface area (TPSA) is 52.7 Å². The van der Waals surface area contributed by atoms with Gasteiger partial charge >= 0.3 is 0 Å². The second-order valence-electron chi connectivity index (χ2n) is 7.98. The number of hydrogen-bond donors (Lipinski definition) is 1. The van der Waals surface area contributed by atoms with E-state index in [1.807, 2.05) is 38.1 Å². The molecule has 0 saturated carbocycles. The zero-order chi connectivity index (χ0) is 19.7. The monoisotopic (exact) mass is 377 g/mol. The highest BCUT2D eigenvalue weighted by Crippen LogP contribution is 2.29. The van der Waals surface area contributed by atoms with Crippen LogP contribution in [0.2, 0.25) is 0 Å². The number of aryl methyl sites for hydroxylation is 2. The summed E-state index contributed by atoms with van der Waals surface area (Å²) in [5.41, 5.74) is 5.09. The lowest BCUT2D eigenvalue weighted by Crippen LogP contribution is -2.28. The number of rotatable bonds is 4. The lowest BCUT2D eigenvalue weighted by atomic mass is 10.1. The quantitative estimate of drug-likeness (QED) is 0.879. The number of nitrogens with zero attached hydrogens (tertiary/aromatic N) is 2. The second-order valence-corrected chi connectivity index (χ2v) is 7.98. The van der Waals surface area contributed by atoms with E-state index in [1.54, 1.807) is 4.90 Å². The molecule has 0 aliphatic carbocycles. The molecule has 0 spiro atoms. The summed E-state index contributed by atoms with van der Waals surface area (Å²) in [6, 6.07) is 14.1. The average Bonchev–Trinajstić information content (AvgIpc) is 3.31. The van der Waals surface area contributed by atoms with E-state index in [-0.39, 0.29) is 24.2 Å². The fourth-order valence-electron chi connectivity index (χ4n) is 4.24. The number of amides is 2. The Bertz CT molecular complexity index is 865. The Hall–Kier alpha value is -2.82. The third kappa shape index (κ3) is 3.88. The molecule has 5 nitrogen and oxygen atoms in total. The maximum atomic E-state index is 12.7. The number of benzene rings is 2. The standard InChI is InChI=1S/C23H27N3O2/c1-16-11-17(2)13-19(12-16)24-23(28)18-14-22(27)26(15-18)21-7-5-20(6-8-21)25-9-3-4-10-25/h5-8,11-13,18H,3-4,9-10,14-15H2,1-2H3,(H,24,28). The molecule has 2 fully saturated rings. The average molecular weight is 377 g/mol. The molecule has 2 aliphatic rings. The van der Waals surface area contributed by atoms with Gasteiger partial charge in [-0.2, -0.15) is 0 Å². The fraction of sp³-hybridized carbons (Fsp3) is 0.391. The van der Waals surface area contributed by atoms with Gasteiger partial charge in [-0.15, -0.1) is 0 Å². The van der Waals surface area contributed by atoms with Crippen molar-refractivity contribution in [3.05, 3.63) is 53.6 Å². The van der Waals surface area contributed by atoms with E-state index in [0.717, 1.165) is 35.6 Å². The van der Waals surface area contributed by atoms with Crippen LogP contribution in [0.1, 0.15) is 30.4 Å². The first-order valence-electron chi connectivity index (χ1n) is 10.0. The molecule has 1 atom stereocenters. The number of anilines is 3. The zero-order valence-corrected chi connectivity index (χ0v) is 16.6. The second kappa shape index (κ2) is 7.66. The Kier molecular flexibility index (Phi) is 5.07. The van der Waals surface area contributed by atoms with Crippen LogP contribution in [0, 0.1) is 19.8 Å². The van der Waals surface area contributed by atoms with Gasteiger partial charge in [0.05, 0.1) is 5.92 Å². The van der Waals surface area contributed by atoms with Crippen molar-refractivity contribution >= 4 is 28.9 Å². The van der Waals surface area contributed by atoms with E-state index >= 15 is 0 Å². The normalized spacial score (nSPS) is 19.4. The minimum atomic E-state index is -0.327. The molecule has 28 heavy (non-hydrogen) atoms. The molecule has 2 aromatic carbocycles. The largest absolute Gasteiger partial charge is 0.372 e. The lowest BCUT2D eigenvalue weighted by Gasteiger charge is -2.20. The third-order valence-electron chi connectivity index (χ3n) is 5.62. The maximum Gasteiger partial charge on any atom is 0.229 e. The van der Waals surface area contributed by atoms with E-state index in [2.05, 4.69) is 28.4 Å². The van der Waals surface area contributed by atoms with Crippen molar-refractivity contribution in [1.82, 2.24) is 0 Å². The van der Waals surface area contributed by atoms with Crippen LogP contribution in [-0.2, 0) is 9.59 Å². The fourth-order valence-corrected chi connectivity index (χ4v) is 4.24. The molecular weight excluding hydrogens is 350 g/mol. The van der Waals surface area contributed by atoms with Crippen molar-refractivity contribution in [3.8, 4) is 0 Å². The van der Waals surface area contributed by atoms with Gasteiger partial charge in [0.2, 0.25) is 11.8 Å². The molecular formula is C23H27N3O2. The molecule has 0 radical (unpaired) electrons. The van der Waals surface area contributed by atoms with Crippen LogP contribution < -0.4 is 15.1 Å². The summed E-state index contributed by atoms with van der Waals surface area (Å²) in [6.07, 6.45) is 2.73. The van der Waals surface area contributed by atoms with E-state index in [1.165, 1.54) is 18.5 Å². The molecule has 2 saturated heterocycles. The minimum absolute atomic E-state index is 0.00879. The molecule has 1 unspecified atom stereocenters. The first kappa shape index (κ1) is 18.5. The Morgan fingerprint density at radius 3 is 2.21 bits per heavy atom. The molecule has 1 N–H and O–H groups in total. The van der Waals surface area contributed by atoms with Gasteiger partial charge in [0.15, 0.2) is 0 Å². The van der Waals surface area contributed by atoms with Crippen LogP contribution in [0.5, 0.6) is 0 Å². The van der Waals surface area contributed by atoms with E-state index in [4.69, 9.17) is 0 Å². The summed E-state index contributed by atoms with van der Waals surface area (Å²) >= 11 is 0. The van der Waals surface area contributed by atoms with E-state index < -0.39 is 0 Å². The number of nitrogens with one attached hydrogen (secondary N) is 1. The number of carbonyl (C=O) groups excluding carboxylic acids is 2. The number of hydrogen-bond acceptors (Lipinski definition) is 3. The Morgan fingerprint density at radius 2 is 1.57 bits per heavy atom. The molecule has 2 aromatic rings. The molecule has 5 heteroatoms. The summed E-state index contributed by atoms with van der Waals surface area (Å²) in [5.74, 6) is -0.407. The van der Waals surface area contributed by atoms with Crippen LogP contribution in [-0.4, -0.2) is 31.4 Å². The van der Waals surface area contributed by atoms with Gasteiger partial charge in [0.25, 0.3) is 0 Å². The van der Waals surface area contributed by atoms with Crippen LogP contribution in [0.3, 0.4) is 0 Å². The number of carbonyl (C=O) groups is 2. The van der Waals surface area contributed by atoms with Crippen molar-refractivity contribution in [2.45, 2.75) is 33.1 Å². The minimum Gasteiger partial charge on any atom is -0.372 e. The van der Waals surface area contributed by atoms with Gasteiger partial charge < -0.3 is 15.1 Å². The van der Waals surface area contributed by atoms with Crippen LogP contribution in [0.25, 0.3) is 0 Å². The van der Waals surface area contributed by atoms with E-state index in [0.29, 0.717) is 6.54 Å². The summed E-state index contributed by atoms with van der Waals surface area (Å²) in [7, 11) is 0. The maximum absolute atomic E-state index is 12.7. The SMILES string of the molecule is Cc1cc(C)cc(NC(=O)C2CC(=O)N(c3ccc(N4CCCC4)cc3)C2)c1. The van der Waals surface area contributed by atoms with Gasteiger partial charge in [0.1, 0.15) is 0 Å². The molecule has 0 bridgehead atoms. The highest BCUT2D eigenvalue weighted by molar-refractivity contribution is 6.03. The van der Waals surface area contributed by atoms with Crippen molar-refractivity contribution < 1.29 is 9.59 Å². The zero-order valence-electron chi connectivity index (χ0n) is 16.6. The molecule has 146 valence electrons. The van der Waals surface area contributed by atoms with Gasteiger partial charge in [0, 0.05) is 43.1 Å². The first-order chi connectivity index (χ1) is 13.5. The smallest absolute Gasteiger partial charge is 0.229 e. The summed E-state index contributed by atoms with van der Waals surface area (Å²) in [4.78, 5) is 29.3. The van der Waals surface area contributed by atoms with Crippen molar-refractivity contribution in [1.29, 1.82) is 0 Å². The van der Waals surface area contributed by atoms with Crippen LogP contribution in [0.15, 0.2) is 42.5 Å². The Labute approximate surface area is 166 Å². The molecule has 2 heterocycles. The molecule has 2 aliphatic heterocycles. The molecule has 0 aromatic heterocycles. The third-order valence-corrected chi connectivity index (χ3v) is 5.62. The molecule has 2 amide bonds. The van der Waals surface area contributed by atoms with Gasteiger partial charge in [-0.25, -0.2) is 0 Å². The van der Waals surface area contributed by atoms with Crippen LogP contribution in [0.4, 0.5) is 17.1 Å². The summed E-state index contributed by atoms with van der Waals surface area (Å²) < 4.78 is 0. The van der Waals surface area contributed by atoms with Crippen molar-refractivity contribution in [2.24, 2.45) is 5.92 Å². The van der Waals surface area contributed by atoms with E-state index in [9.17, 15) is 9.59 Å². The summed E-state index contributed by atoms with van der Waals surface area (Å²) in [6.45, 7) is 6.65. The van der Waals surface area contributed by atoms with Crippen LogP contribution >= 0.6 is 0 Å². The van der Waals surface area contributed by atoms with Gasteiger partial charge in [-0.05, 0) is 74.2 Å². The first-order valence-corrected chi connectivity index (χ1v) is 10.0. The van der Waals surface area contributed by atoms with Gasteiger partial charge in [-0.3, -0.25) is 9.59 Å². The molecule has 4 rings (SSSR count). The highest BCUT2D eigenvalue weighted by Gasteiger charge is 2.35. The Morgan fingerprint density at radius 1 is 0.964 bits per heavy atom. The summed E-state index contributed by atoms with van der Waals surface area (Å²) in [5, 5.41) is 2.98. The van der Waals surface area contributed by atoms with Crippen molar-refractivity contribution in [3.63, 3.8) is 0 Å². The van der Waals surface area contributed by atoms with Crippen molar-refractivity contribution in [2.75, 3.05) is 34.8 Å². The Balaban J connectivity index is 1.42. The lowest BCUT2D eigenvalue weighted by molar-refractivity contribution is -0.122. The van der Waals surface area contributed by atoms with Gasteiger partial charge in [-0.1, -0.05) is 6.07 Å².